The van der Waals surface area contributed by atoms with Crippen molar-refractivity contribution in [2.24, 2.45) is 34.5 Å². The Morgan fingerprint density at radius 3 is 2.71 bits per heavy atom. The molecule has 0 unspecified atom stereocenters. The summed E-state index contributed by atoms with van der Waals surface area (Å²) in [5, 5.41) is 20.6. The minimum Gasteiger partial charge on any atom is -0.458 e. The average molecular weight is 391 g/mol. The van der Waals surface area contributed by atoms with Gasteiger partial charge in [0, 0.05) is 19.4 Å². The molecule has 4 aliphatic carbocycles. The third-order valence-corrected chi connectivity index (χ3v) is 8.84. The lowest BCUT2D eigenvalue weighted by molar-refractivity contribution is -0.148. The van der Waals surface area contributed by atoms with Crippen molar-refractivity contribution in [1.82, 2.24) is 0 Å². The molecule has 0 amide bonds. The summed E-state index contributed by atoms with van der Waals surface area (Å²) in [4.78, 5) is 23.9. The summed E-state index contributed by atoms with van der Waals surface area (Å²) in [5.74, 6) is 0.827. The van der Waals surface area contributed by atoms with Crippen LogP contribution in [-0.4, -0.2) is 41.3 Å². The molecule has 0 aromatic rings. The molecule has 5 nitrogen and oxygen atoms in total. The van der Waals surface area contributed by atoms with E-state index in [1.807, 2.05) is 0 Å². The molecule has 2 N–H and O–H groups in total. The van der Waals surface area contributed by atoms with Gasteiger partial charge in [-0.15, -0.1) is 0 Å². The van der Waals surface area contributed by atoms with Crippen molar-refractivity contribution in [3.63, 3.8) is 0 Å². The standard InChI is InChI=1S/C23H34O5/c1-14(25)28-12-21(27)20-6-5-18-17-4-3-15-11-16(26)7-10-23(15,13-24)19(17)8-9-22(18,20)2/h5,15-17,19-20,24,26H,3-4,6-13H2,1-2H3/t15-,16-,17-,19-,20+,22-,23+/m0/s1. The van der Waals surface area contributed by atoms with E-state index in [9.17, 15) is 19.8 Å². The Morgan fingerprint density at radius 1 is 1.21 bits per heavy atom. The maximum absolute atomic E-state index is 12.8. The lowest BCUT2D eigenvalue weighted by atomic mass is 9.45. The first kappa shape index (κ1) is 20.1. The Kier molecular flexibility index (Phi) is 5.20. The molecule has 7 atom stereocenters. The number of ether oxygens (including phenoxy) is 1. The molecule has 0 spiro atoms. The van der Waals surface area contributed by atoms with Crippen molar-refractivity contribution in [2.75, 3.05) is 13.2 Å². The van der Waals surface area contributed by atoms with E-state index in [1.165, 1.54) is 12.5 Å². The van der Waals surface area contributed by atoms with Crippen molar-refractivity contribution in [1.29, 1.82) is 0 Å². The average Bonchev–Trinajstić information content (AvgIpc) is 3.03. The van der Waals surface area contributed by atoms with Gasteiger partial charge < -0.3 is 14.9 Å². The van der Waals surface area contributed by atoms with Crippen molar-refractivity contribution >= 4 is 11.8 Å². The first-order chi connectivity index (χ1) is 13.3. The molecule has 0 bridgehead atoms. The fraction of sp³-hybridized carbons (Fsp3) is 0.826. The summed E-state index contributed by atoms with van der Waals surface area (Å²) in [6.45, 7) is 3.66. The van der Waals surface area contributed by atoms with Crippen LogP contribution in [-0.2, 0) is 14.3 Å². The van der Waals surface area contributed by atoms with E-state index in [4.69, 9.17) is 4.74 Å². The van der Waals surface area contributed by atoms with Crippen LogP contribution in [0.5, 0.6) is 0 Å². The normalized spacial score (nSPS) is 44.7. The van der Waals surface area contributed by atoms with Gasteiger partial charge in [0.05, 0.1) is 6.10 Å². The van der Waals surface area contributed by atoms with Crippen LogP contribution >= 0.6 is 0 Å². The lowest BCUT2D eigenvalue weighted by Crippen LogP contribution is -2.55. The summed E-state index contributed by atoms with van der Waals surface area (Å²) in [7, 11) is 0. The van der Waals surface area contributed by atoms with Crippen LogP contribution in [0.4, 0.5) is 0 Å². The number of hydrogen-bond donors (Lipinski definition) is 2. The predicted octanol–water partition coefficient (Wildman–Crippen LogP) is 3.03. The summed E-state index contributed by atoms with van der Waals surface area (Å²) >= 11 is 0. The van der Waals surface area contributed by atoms with E-state index in [-0.39, 0.29) is 41.8 Å². The van der Waals surface area contributed by atoms with E-state index < -0.39 is 5.97 Å². The molecular formula is C23H34O5. The van der Waals surface area contributed by atoms with Gasteiger partial charge in [-0.2, -0.15) is 0 Å². The second-order valence-corrected chi connectivity index (χ2v) is 9.96. The van der Waals surface area contributed by atoms with E-state index >= 15 is 0 Å². The number of rotatable bonds is 4. The highest BCUT2D eigenvalue weighted by Crippen LogP contribution is 2.65. The third kappa shape index (κ3) is 2.97. The SMILES string of the molecule is CC(=O)OCC(=O)[C@H]1CC=C2[C@@H]3CC[C@H]4C[C@@H](O)CC[C@]4(CO)[C@H]3CC[C@@]21C. The molecule has 0 radical (unpaired) electrons. The molecule has 5 heteroatoms. The molecule has 28 heavy (non-hydrogen) atoms. The van der Waals surface area contributed by atoms with Gasteiger partial charge in [-0.05, 0) is 80.0 Å². The van der Waals surface area contributed by atoms with Gasteiger partial charge in [0.2, 0.25) is 0 Å². The van der Waals surface area contributed by atoms with Crippen molar-refractivity contribution < 1.29 is 24.5 Å². The van der Waals surface area contributed by atoms with Gasteiger partial charge >= 0.3 is 5.97 Å². The molecular weight excluding hydrogens is 356 g/mol. The minimum atomic E-state index is -0.406. The van der Waals surface area contributed by atoms with Gasteiger partial charge in [-0.25, -0.2) is 0 Å². The summed E-state index contributed by atoms with van der Waals surface area (Å²) < 4.78 is 4.99. The van der Waals surface area contributed by atoms with Gasteiger partial charge in [-0.1, -0.05) is 18.6 Å². The van der Waals surface area contributed by atoms with Crippen LogP contribution in [0.15, 0.2) is 11.6 Å². The molecule has 0 heterocycles. The Balaban J connectivity index is 1.56. The smallest absolute Gasteiger partial charge is 0.303 e. The number of carbonyl (C=O) groups is 2. The van der Waals surface area contributed by atoms with Crippen molar-refractivity contribution in [3.8, 4) is 0 Å². The first-order valence-electron chi connectivity index (χ1n) is 11.0. The van der Waals surface area contributed by atoms with Gasteiger partial charge in [0.25, 0.3) is 0 Å². The zero-order valence-corrected chi connectivity index (χ0v) is 17.2. The Labute approximate surface area is 167 Å². The number of hydrogen-bond acceptors (Lipinski definition) is 5. The zero-order chi connectivity index (χ0) is 20.1. The Bertz CT molecular complexity index is 684. The number of carbonyl (C=O) groups excluding carboxylic acids is 2. The summed E-state index contributed by atoms with van der Waals surface area (Å²) in [6, 6.07) is 0. The maximum atomic E-state index is 12.8. The van der Waals surface area contributed by atoms with Crippen LogP contribution < -0.4 is 0 Å². The highest BCUT2D eigenvalue weighted by molar-refractivity contribution is 5.86. The Morgan fingerprint density at radius 2 is 2.00 bits per heavy atom. The van der Waals surface area contributed by atoms with Crippen molar-refractivity contribution in [2.45, 2.75) is 71.3 Å². The van der Waals surface area contributed by atoms with Gasteiger partial charge in [0.15, 0.2) is 5.78 Å². The topological polar surface area (TPSA) is 83.8 Å². The van der Waals surface area contributed by atoms with Crippen molar-refractivity contribution in [3.05, 3.63) is 11.6 Å². The molecule has 156 valence electrons. The van der Waals surface area contributed by atoms with Crippen LogP contribution in [0.3, 0.4) is 0 Å². The Hall–Kier alpha value is -1.20. The monoisotopic (exact) mass is 390 g/mol. The second-order valence-electron chi connectivity index (χ2n) is 9.96. The number of aliphatic hydroxyl groups excluding tert-OH is 2. The number of aliphatic hydroxyl groups is 2. The highest BCUT2D eigenvalue weighted by Gasteiger charge is 2.59. The molecule has 3 saturated carbocycles. The lowest BCUT2D eigenvalue weighted by Gasteiger charge is -2.60. The number of ketones is 1. The number of Topliss-reactive ketones (excluding diaryl/α,β-unsaturated/α-hetero) is 1. The van der Waals surface area contributed by atoms with E-state index in [2.05, 4.69) is 13.0 Å². The fourth-order valence-electron chi connectivity index (χ4n) is 7.43. The van der Waals surface area contributed by atoms with E-state index in [0.717, 1.165) is 51.4 Å². The first-order valence-corrected chi connectivity index (χ1v) is 11.0. The zero-order valence-electron chi connectivity index (χ0n) is 17.2. The van der Waals surface area contributed by atoms with Gasteiger partial charge in [-0.3, -0.25) is 9.59 Å². The molecule has 3 fully saturated rings. The number of fused-ring (bicyclic) bond motifs is 5. The quantitative estimate of drug-likeness (QED) is 0.569. The van der Waals surface area contributed by atoms with E-state index in [0.29, 0.717) is 17.8 Å². The summed E-state index contributed by atoms with van der Waals surface area (Å²) in [5.41, 5.74) is 1.21. The minimum absolute atomic E-state index is 0.0359. The van der Waals surface area contributed by atoms with Crippen LogP contribution in [0, 0.1) is 34.5 Å². The highest BCUT2D eigenvalue weighted by atomic mass is 16.5. The molecule has 0 saturated heterocycles. The van der Waals surface area contributed by atoms with Crippen LogP contribution in [0.2, 0.25) is 0 Å². The fourth-order valence-corrected chi connectivity index (χ4v) is 7.43. The number of allylic oxidation sites excluding steroid dienone is 2. The molecule has 0 aliphatic heterocycles. The predicted molar refractivity (Wildman–Crippen MR) is 104 cm³/mol. The number of esters is 1. The molecule has 4 rings (SSSR count). The second kappa shape index (κ2) is 7.24. The molecule has 0 aromatic heterocycles. The van der Waals surface area contributed by atoms with E-state index in [1.54, 1.807) is 0 Å². The summed E-state index contributed by atoms with van der Waals surface area (Å²) in [6.07, 6.45) is 9.47. The van der Waals surface area contributed by atoms with Gasteiger partial charge in [0.1, 0.15) is 6.61 Å². The third-order valence-electron chi connectivity index (χ3n) is 8.84. The largest absolute Gasteiger partial charge is 0.458 e. The molecule has 0 aromatic carbocycles. The van der Waals surface area contributed by atoms with Crippen LogP contribution in [0.1, 0.15) is 65.2 Å². The maximum Gasteiger partial charge on any atom is 0.303 e. The van der Waals surface area contributed by atoms with Crippen LogP contribution in [0.25, 0.3) is 0 Å². The molecule has 4 aliphatic rings.